The number of hydrogen-bond donors (Lipinski definition) is 1. The molecule has 19 heavy (non-hydrogen) atoms. The van der Waals surface area contributed by atoms with Crippen LogP contribution in [0, 0.1) is 5.82 Å². The maximum atomic E-state index is 14.2. The van der Waals surface area contributed by atoms with Crippen LogP contribution in [0.3, 0.4) is 0 Å². The van der Waals surface area contributed by atoms with Gasteiger partial charge in [0.25, 0.3) is 0 Å². The van der Waals surface area contributed by atoms with Crippen LogP contribution in [-0.2, 0) is 6.54 Å². The Bertz CT molecular complexity index is 468. The molecule has 3 heteroatoms. The van der Waals surface area contributed by atoms with Crippen molar-refractivity contribution in [2.75, 3.05) is 18.5 Å². The van der Waals surface area contributed by atoms with Gasteiger partial charge in [0.05, 0.1) is 0 Å². The fourth-order valence-corrected chi connectivity index (χ4v) is 3.47. The highest BCUT2D eigenvalue weighted by molar-refractivity contribution is 5.61. The number of anilines is 1. The zero-order chi connectivity index (χ0) is 14.2. The number of nitrogens with zero attached hydrogens (tertiary/aromatic N) is 1. The van der Waals surface area contributed by atoms with Gasteiger partial charge in [-0.3, -0.25) is 0 Å². The van der Waals surface area contributed by atoms with Gasteiger partial charge < -0.3 is 10.2 Å². The first kappa shape index (κ1) is 14.3. The van der Waals surface area contributed by atoms with E-state index in [0.717, 1.165) is 24.2 Å². The van der Waals surface area contributed by atoms with Gasteiger partial charge >= 0.3 is 0 Å². The summed E-state index contributed by atoms with van der Waals surface area (Å²) >= 11 is 0. The Morgan fingerprint density at radius 1 is 1.42 bits per heavy atom. The van der Waals surface area contributed by atoms with E-state index in [-0.39, 0.29) is 11.4 Å². The van der Waals surface area contributed by atoms with Crippen molar-refractivity contribution in [2.24, 2.45) is 0 Å². The highest BCUT2D eigenvalue weighted by Crippen LogP contribution is 2.43. The lowest BCUT2D eigenvalue weighted by molar-refractivity contribution is 0.380. The van der Waals surface area contributed by atoms with Crippen molar-refractivity contribution in [1.29, 1.82) is 0 Å². The van der Waals surface area contributed by atoms with Gasteiger partial charge in [-0.1, -0.05) is 6.92 Å². The van der Waals surface area contributed by atoms with Crippen molar-refractivity contribution in [3.05, 3.63) is 29.1 Å². The average molecular weight is 264 g/mol. The van der Waals surface area contributed by atoms with Gasteiger partial charge in [0.1, 0.15) is 5.82 Å². The molecule has 0 aromatic heterocycles. The molecule has 0 aliphatic carbocycles. The first-order valence-corrected chi connectivity index (χ1v) is 7.15. The maximum absolute atomic E-state index is 14.2. The summed E-state index contributed by atoms with van der Waals surface area (Å²) in [6, 6.07) is 3.77. The zero-order valence-corrected chi connectivity index (χ0v) is 12.7. The van der Waals surface area contributed by atoms with Crippen LogP contribution in [0.1, 0.15) is 51.2 Å². The normalized spacial score (nSPS) is 21.4. The number of fused-ring (bicyclic) bond motifs is 1. The Hall–Kier alpha value is -1.09. The minimum absolute atomic E-state index is 0.0954. The predicted molar refractivity (Wildman–Crippen MR) is 79.3 cm³/mol. The number of nitrogens with one attached hydrogen (secondary N) is 1. The fraction of sp³-hybridized carbons (Fsp3) is 0.625. The smallest absolute Gasteiger partial charge is 0.129 e. The fourth-order valence-electron chi connectivity index (χ4n) is 3.47. The molecule has 0 unspecified atom stereocenters. The van der Waals surface area contributed by atoms with Crippen molar-refractivity contribution in [1.82, 2.24) is 5.32 Å². The first-order valence-electron chi connectivity index (χ1n) is 7.15. The van der Waals surface area contributed by atoms with Gasteiger partial charge in [0.2, 0.25) is 0 Å². The summed E-state index contributed by atoms with van der Waals surface area (Å²) in [5, 5.41) is 3.03. The van der Waals surface area contributed by atoms with E-state index in [1.54, 1.807) is 6.07 Å². The van der Waals surface area contributed by atoms with Crippen molar-refractivity contribution < 1.29 is 4.39 Å². The molecular weight excluding hydrogens is 239 g/mol. The molecule has 0 saturated heterocycles. The lowest BCUT2D eigenvalue weighted by Gasteiger charge is -2.47. The Balaban J connectivity index is 2.53. The molecular formula is C16H25FN2. The zero-order valence-electron chi connectivity index (χ0n) is 12.7. The van der Waals surface area contributed by atoms with E-state index in [1.165, 1.54) is 5.56 Å². The Morgan fingerprint density at radius 3 is 2.68 bits per heavy atom. The van der Waals surface area contributed by atoms with Crippen molar-refractivity contribution in [2.45, 2.75) is 52.1 Å². The third-order valence-corrected chi connectivity index (χ3v) is 4.24. The second kappa shape index (κ2) is 5.12. The van der Waals surface area contributed by atoms with Crippen molar-refractivity contribution in [3.63, 3.8) is 0 Å². The van der Waals surface area contributed by atoms with Crippen molar-refractivity contribution in [3.8, 4) is 0 Å². The summed E-state index contributed by atoms with van der Waals surface area (Å²) in [5.74, 6) is 0.375. The van der Waals surface area contributed by atoms with E-state index in [9.17, 15) is 4.39 Å². The lowest BCUT2D eigenvalue weighted by atomic mass is 9.79. The van der Waals surface area contributed by atoms with Gasteiger partial charge in [-0.15, -0.1) is 0 Å². The van der Waals surface area contributed by atoms with Crippen LogP contribution in [0.25, 0.3) is 0 Å². The summed E-state index contributed by atoms with van der Waals surface area (Å²) in [6.07, 6.45) is 1.11. The summed E-state index contributed by atoms with van der Waals surface area (Å²) in [6.45, 7) is 10.4. The van der Waals surface area contributed by atoms with E-state index in [2.05, 4.69) is 37.9 Å². The highest BCUT2D eigenvalue weighted by Gasteiger charge is 2.35. The van der Waals surface area contributed by atoms with Crippen LogP contribution in [0.15, 0.2) is 12.1 Å². The van der Waals surface area contributed by atoms with Crippen LogP contribution in [0.5, 0.6) is 0 Å². The molecule has 1 aliphatic heterocycles. The van der Waals surface area contributed by atoms with E-state index < -0.39 is 0 Å². The van der Waals surface area contributed by atoms with E-state index >= 15 is 0 Å². The molecule has 2 rings (SSSR count). The molecule has 2 nitrogen and oxygen atoms in total. The minimum atomic E-state index is -0.101. The second-order valence-electron chi connectivity index (χ2n) is 6.19. The minimum Gasteiger partial charge on any atom is -0.366 e. The van der Waals surface area contributed by atoms with Crippen LogP contribution < -0.4 is 10.2 Å². The van der Waals surface area contributed by atoms with Gasteiger partial charge in [0.15, 0.2) is 0 Å². The Kier molecular flexibility index (Phi) is 3.86. The van der Waals surface area contributed by atoms with Crippen LogP contribution in [0.2, 0.25) is 0 Å². The Labute approximate surface area is 116 Å². The molecule has 1 aliphatic rings. The quantitative estimate of drug-likeness (QED) is 0.896. The summed E-state index contributed by atoms with van der Waals surface area (Å²) < 4.78 is 14.2. The van der Waals surface area contributed by atoms with E-state index in [0.29, 0.717) is 12.5 Å². The van der Waals surface area contributed by atoms with Crippen molar-refractivity contribution >= 4 is 5.69 Å². The molecule has 1 aromatic rings. The standard InChI is InChI=1S/C16H25FN2/c1-6-19-15-8-14(17)12(10-18-5)7-13(15)11(2)9-16(19,3)4/h7-8,11,18H,6,9-10H2,1-5H3/t11-/m0/s1. The number of halogens is 1. The SMILES string of the molecule is CCN1c2cc(F)c(CNC)cc2[C@@H](C)CC1(C)C. The monoisotopic (exact) mass is 264 g/mol. The van der Waals surface area contributed by atoms with Crippen LogP contribution >= 0.6 is 0 Å². The van der Waals surface area contributed by atoms with Crippen LogP contribution in [0.4, 0.5) is 10.1 Å². The molecule has 106 valence electrons. The molecule has 1 N–H and O–H groups in total. The van der Waals surface area contributed by atoms with Gasteiger partial charge in [-0.2, -0.15) is 0 Å². The largest absolute Gasteiger partial charge is 0.366 e. The average Bonchev–Trinajstić information content (AvgIpc) is 2.31. The van der Waals surface area contributed by atoms with Gasteiger partial charge in [-0.05, 0) is 57.9 Å². The van der Waals surface area contributed by atoms with Gasteiger partial charge in [0, 0.05) is 29.9 Å². The molecule has 0 amide bonds. The first-order chi connectivity index (χ1) is 8.90. The molecule has 0 bridgehead atoms. The molecule has 1 aromatic carbocycles. The summed E-state index contributed by atoms with van der Waals surface area (Å²) in [5.41, 5.74) is 3.22. The van der Waals surface area contributed by atoms with E-state index in [4.69, 9.17) is 0 Å². The molecule has 1 heterocycles. The summed E-state index contributed by atoms with van der Waals surface area (Å²) in [4.78, 5) is 2.33. The topological polar surface area (TPSA) is 15.3 Å². The number of rotatable bonds is 3. The lowest BCUT2D eigenvalue weighted by Crippen LogP contribution is -2.48. The molecule has 0 spiro atoms. The third kappa shape index (κ3) is 2.48. The molecule has 0 saturated carbocycles. The third-order valence-electron chi connectivity index (χ3n) is 4.24. The van der Waals surface area contributed by atoms with Gasteiger partial charge in [-0.25, -0.2) is 4.39 Å². The highest BCUT2D eigenvalue weighted by atomic mass is 19.1. The van der Waals surface area contributed by atoms with Crippen LogP contribution in [-0.4, -0.2) is 19.1 Å². The molecule has 1 atom stereocenters. The van der Waals surface area contributed by atoms with E-state index in [1.807, 2.05) is 13.1 Å². The number of benzene rings is 1. The Morgan fingerprint density at radius 2 is 2.11 bits per heavy atom. The number of hydrogen-bond acceptors (Lipinski definition) is 2. The summed E-state index contributed by atoms with van der Waals surface area (Å²) in [7, 11) is 1.85. The predicted octanol–water partition coefficient (Wildman–Crippen LogP) is 3.66. The maximum Gasteiger partial charge on any atom is 0.129 e. The molecule has 0 radical (unpaired) electrons. The second-order valence-corrected chi connectivity index (χ2v) is 6.19. The molecule has 0 fully saturated rings.